The van der Waals surface area contributed by atoms with Crippen molar-refractivity contribution in [3.63, 3.8) is 0 Å². The average molecular weight is 237 g/mol. The highest BCUT2D eigenvalue weighted by atomic mass is 35.5. The monoisotopic (exact) mass is 236 g/mol. The Kier molecular flexibility index (Phi) is 3.52. The highest BCUT2D eigenvalue weighted by Crippen LogP contribution is 2.33. The Hall–Kier alpha value is -0.990. The van der Waals surface area contributed by atoms with Gasteiger partial charge in [0.2, 0.25) is 0 Å². The molecule has 0 radical (unpaired) electrons. The van der Waals surface area contributed by atoms with Gasteiger partial charge < -0.3 is 11.5 Å². The molecule has 1 aliphatic rings. The highest BCUT2D eigenvalue weighted by Gasteiger charge is 2.17. The Labute approximate surface area is 101 Å². The first-order chi connectivity index (χ1) is 7.70. The van der Waals surface area contributed by atoms with Crippen molar-refractivity contribution in [1.82, 2.24) is 0 Å². The first-order valence-corrected chi connectivity index (χ1v) is 6.06. The highest BCUT2D eigenvalue weighted by molar-refractivity contribution is 6.33. The summed E-state index contributed by atoms with van der Waals surface area (Å²) < 4.78 is 0. The van der Waals surface area contributed by atoms with Gasteiger partial charge in [0.25, 0.3) is 0 Å². The van der Waals surface area contributed by atoms with Crippen molar-refractivity contribution in [1.29, 1.82) is 0 Å². The van der Waals surface area contributed by atoms with Gasteiger partial charge in [-0.2, -0.15) is 0 Å². The average Bonchev–Trinajstić information content (AvgIpc) is 2.33. The number of benzene rings is 1. The van der Waals surface area contributed by atoms with E-state index in [1.807, 2.05) is 12.1 Å². The predicted molar refractivity (Wildman–Crippen MR) is 69.3 cm³/mol. The maximum atomic E-state index is 6.23. The molecule has 0 amide bonds. The third-order valence-corrected chi connectivity index (χ3v) is 3.48. The summed E-state index contributed by atoms with van der Waals surface area (Å²) in [5, 5.41) is 0.587. The predicted octanol–water partition coefficient (Wildman–Crippen LogP) is 3.42. The number of allylic oxidation sites excluding steroid dienone is 1. The van der Waals surface area contributed by atoms with Gasteiger partial charge >= 0.3 is 0 Å². The number of hydrogen-bond acceptors (Lipinski definition) is 2. The Morgan fingerprint density at radius 2 is 2.06 bits per heavy atom. The van der Waals surface area contributed by atoms with Gasteiger partial charge in [0.15, 0.2) is 0 Å². The maximum absolute atomic E-state index is 6.23. The summed E-state index contributed by atoms with van der Waals surface area (Å²) in [7, 11) is 0. The molecule has 0 bridgehead atoms. The first kappa shape index (κ1) is 11.5. The third kappa shape index (κ3) is 2.23. The van der Waals surface area contributed by atoms with Crippen molar-refractivity contribution in [3.05, 3.63) is 40.4 Å². The smallest absolute Gasteiger partial charge is 0.0639 e. The van der Waals surface area contributed by atoms with Crippen LogP contribution in [0, 0.1) is 0 Å². The molecule has 0 saturated carbocycles. The van der Waals surface area contributed by atoms with Gasteiger partial charge in [-0.3, -0.25) is 0 Å². The summed E-state index contributed by atoms with van der Waals surface area (Å²) in [6.45, 7) is 0. The van der Waals surface area contributed by atoms with Crippen LogP contribution in [0.15, 0.2) is 29.8 Å². The zero-order valence-corrected chi connectivity index (χ0v) is 10.0. The number of nitrogen functional groups attached to an aromatic ring is 1. The van der Waals surface area contributed by atoms with Crippen molar-refractivity contribution >= 4 is 17.3 Å². The van der Waals surface area contributed by atoms with Gasteiger partial charge in [-0.15, -0.1) is 0 Å². The van der Waals surface area contributed by atoms with E-state index in [9.17, 15) is 0 Å². The molecule has 0 aliphatic heterocycles. The molecule has 1 aromatic rings. The number of nitrogens with two attached hydrogens (primary N) is 2. The van der Waals surface area contributed by atoms with Gasteiger partial charge in [-0.1, -0.05) is 35.4 Å². The van der Waals surface area contributed by atoms with Crippen LogP contribution in [0.1, 0.15) is 37.3 Å². The van der Waals surface area contributed by atoms with E-state index in [1.54, 1.807) is 6.07 Å². The normalized spacial score (nSPS) is 18.0. The lowest BCUT2D eigenvalue weighted by Crippen LogP contribution is -2.16. The molecule has 0 heterocycles. The molecule has 0 fully saturated rings. The van der Waals surface area contributed by atoms with E-state index >= 15 is 0 Å². The molecule has 0 aromatic heterocycles. The van der Waals surface area contributed by atoms with Crippen molar-refractivity contribution in [3.8, 4) is 0 Å². The molecule has 1 aliphatic carbocycles. The molecular formula is C13H17ClN2. The minimum absolute atomic E-state index is 0.0981. The van der Waals surface area contributed by atoms with Gasteiger partial charge in [0.05, 0.1) is 16.8 Å². The van der Waals surface area contributed by atoms with E-state index in [-0.39, 0.29) is 6.04 Å². The van der Waals surface area contributed by atoms with E-state index in [1.165, 1.54) is 18.4 Å². The fourth-order valence-electron chi connectivity index (χ4n) is 2.17. The van der Waals surface area contributed by atoms with Crippen molar-refractivity contribution in [2.45, 2.75) is 31.7 Å². The van der Waals surface area contributed by atoms with Crippen LogP contribution in [-0.2, 0) is 0 Å². The molecule has 2 nitrogen and oxygen atoms in total. The lowest BCUT2D eigenvalue weighted by molar-refractivity contribution is 0.649. The second kappa shape index (κ2) is 4.89. The van der Waals surface area contributed by atoms with Crippen LogP contribution in [0.5, 0.6) is 0 Å². The van der Waals surface area contributed by atoms with E-state index in [2.05, 4.69) is 6.08 Å². The van der Waals surface area contributed by atoms with Crippen molar-refractivity contribution in [2.75, 3.05) is 5.73 Å². The summed E-state index contributed by atoms with van der Waals surface area (Å²) in [6.07, 6.45) is 6.94. The molecule has 0 saturated heterocycles. The number of hydrogen-bond donors (Lipinski definition) is 2. The molecule has 4 N–H and O–H groups in total. The van der Waals surface area contributed by atoms with Crippen LogP contribution < -0.4 is 11.5 Å². The SMILES string of the molecule is Nc1c(Cl)cccc1C(N)C1=CCCCC1. The number of rotatable bonds is 2. The number of anilines is 1. The molecule has 1 atom stereocenters. The molecule has 0 spiro atoms. The molecule has 2 rings (SSSR count). The summed E-state index contributed by atoms with van der Waals surface area (Å²) in [5.41, 5.74) is 15.0. The zero-order chi connectivity index (χ0) is 11.5. The maximum Gasteiger partial charge on any atom is 0.0639 e. The van der Waals surface area contributed by atoms with Crippen LogP contribution >= 0.6 is 11.6 Å². The van der Waals surface area contributed by atoms with Crippen LogP contribution in [0.2, 0.25) is 5.02 Å². The Morgan fingerprint density at radius 3 is 2.75 bits per heavy atom. The fourth-order valence-corrected chi connectivity index (χ4v) is 2.35. The van der Waals surface area contributed by atoms with Gasteiger partial charge in [0, 0.05) is 0 Å². The minimum Gasteiger partial charge on any atom is -0.397 e. The molecule has 86 valence electrons. The summed E-state index contributed by atoms with van der Waals surface area (Å²) in [4.78, 5) is 0. The topological polar surface area (TPSA) is 52.0 Å². The van der Waals surface area contributed by atoms with E-state index < -0.39 is 0 Å². The van der Waals surface area contributed by atoms with Crippen molar-refractivity contribution < 1.29 is 0 Å². The van der Waals surface area contributed by atoms with Crippen LogP contribution in [0.25, 0.3) is 0 Å². The summed E-state index contributed by atoms with van der Waals surface area (Å²) in [5.74, 6) is 0. The third-order valence-electron chi connectivity index (χ3n) is 3.15. The zero-order valence-electron chi connectivity index (χ0n) is 9.25. The summed E-state index contributed by atoms with van der Waals surface area (Å²) >= 11 is 6.00. The molecule has 3 heteroatoms. The van der Waals surface area contributed by atoms with E-state index in [0.717, 1.165) is 18.4 Å². The first-order valence-electron chi connectivity index (χ1n) is 5.68. The number of halogens is 1. The minimum atomic E-state index is -0.0981. The standard InChI is InChI=1S/C13H17ClN2/c14-11-8-4-7-10(13(11)16)12(15)9-5-2-1-3-6-9/h4-5,7-8,12H,1-3,6,15-16H2. The quantitative estimate of drug-likeness (QED) is 0.611. The lowest BCUT2D eigenvalue weighted by atomic mass is 9.90. The Morgan fingerprint density at radius 1 is 1.25 bits per heavy atom. The van der Waals surface area contributed by atoms with Gasteiger partial charge in [0.1, 0.15) is 0 Å². The summed E-state index contributed by atoms with van der Waals surface area (Å²) in [6, 6.07) is 5.56. The molecular weight excluding hydrogens is 220 g/mol. The lowest BCUT2D eigenvalue weighted by Gasteiger charge is -2.21. The number of para-hydroxylation sites is 1. The molecule has 1 aromatic carbocycles. The largest absolute Gasteiger partial charge is 0.397 e. The Balaban J connectivity index is 2.29. The van der Waals surface area contributed by atoms with Crippen molar-refractivity contribution in [2.24, 2.45) is 5.73 Å². The van der Waals surface area contributed by atoms with Gasteiger partial charge in [-0.25, -0.2) is 0 Å². The molecule has 16 heavy (non-hydrogen) atoms. The Bertz CT molecular complexity index is 412. The second-order valence-electron chi connectivity index (χ2n) is 4.25. The second-order valence-corrected chi connectivity index (χ2v) is 4.65. The fraction of sp³-hybridized carbons (Fsp3) is 0.385. The van der Waals surface area contributed by atoms with E-state index in [4.69, 9.17) is 23.1 Å². The van der Waals surface area contributed by atoms with Gasteiger partial charge in [-0.05, 0) is 37.3 Å². The van der Waals surface area contributed by atoms with Crippen LogP contribution in [0.4, 0.5) is 5.69 Å². The van der Waals surface area contributed by atoms with Crippen LogP contribution in [0.3, 0.4) is 0 Å². The van der Waals surface area contributed by atoms with Crippen LogP contribution in [-0.4, -0.2) is 0 Å². The van der Waals surface area contributed by atoms with E-state index in [0.29, 0.717) is 10.7 Å². The molecule has 1 unspecified atom stereocenters.